The second-order valence-electron chi connectivity index (χ2n) is 2.74. The molecule has 2 N–H and O–H groups in total. The number of rotatable bonds is 2. The highest BCUT2D eigenvalue weighted by atomic mass is 16.2. The molecule has 0 aromatic carbocycles. The molecular formula is C8H12N2O2. The van der Waals surface area contributed by atoms with Crippen molar-refractivity contribution in [3.63, 3.8) is 0 Å². The summed E-state index contributed by atoms with van der Waals surface area (Å²) < 4.78 is 0. The molecule has 0 saturated carbocycles. The number of amides is 2. The predicted molar refractivity (Wildman–Crippen MR) is 44.1 cm³/mol. The van der Waals surface area contributed by atoms with Crippen LogP contribution in [0, 0.1) is 0 Å². The molecule has 0 spiro atoms. The maximum Gasteiger partial charge on any atom is 0.246 e. The lowest BCUT2D eigenvalue weighted by Crippen LogP contribution is -2.56. The second kappa shape index (κ2) is 3.38. The van der Waals surface area contributed by atoms with Crippen molar-refractivity contribution in [1.82, 2.24) is 4.90 Å². The molecule has 1 heterocycles. The van der Waals surface area contributed by atoms with Gasteiger partial charge < -0.3 is 10.6 Å². The van der Waals surface area contributed by atoms with Gasteiger partial charge in [0.2, 0.25) is 11.8 Å². The van der Waals surface area contributed by atoms with Crippen molar-refractivity contribution in [1.29, 1.82) is 0 Å². The zero-order valence-corrected chi connectivity index (χ0v) is 6.99. The largest absolute Gasteiger partial charge is 0.368 e. The van der Waals surface area contributed by atoms with E-state index in [4.69, 9.17) is 5.73 Å². The molecule has 1 fully saturated rings. The SMILES string of the molecule is CC=CC(=O)N1CCC1C(N)=O. The molecule has 12 heavy (non-hydrogen) atoms. The zero-order valence-electron chi connectivity index (χ0n) is 6.99. The maximum atomic E-state index is 11.2. The first-order chi connectivity index (χ1) is 5.66. The molecular weight excluding hydrogens is 156 g/mol. The molecule has 1 rings (SSSR count). The van der Waals surface area contributed by atoms with Crippen LogP contribution in [-0.2, 0) is 9.59 Å². The summed E-state index contributed by atoms with van der Waals surface area (Å²) >= 11 is 0. The van der Waals surface area contributed by atoms with Crippen LogP contribution in [0.15, 0.2) is 12.2 Å². The molecule has 0 aliphatic carbocycles. The quantitative estimate of drug-likeness (QED) is 0.573. The first kappa shape index (κ1) is 8.77. The van der Waals surface area contributed by atoms with Gasteiger partial charge in [0.25, 0.3) is 0 Å². The molecule has 1 saturated heterocycles. The monoisotopic (exact) mass is 168 g/mol. The topological polar surface area (TPSA) is 63.4 Å². The Balaban J connectivity index is 2.54. The molecule has 1 unspecified atom stereocenters. The third kappa shape index (κ3) is 1.47. The van der Waals surface area contributed by atoms with Crippen LogP contribution in [0.3, 0.4) is 0 Å². The normalized spacial score (nSPS) is 22.4. The molecule has 1 aliphatic rings. The fourth-order valence-electron chi connectivity index (χ4n) is 1.19. The number of carbonyl (C=O) groups is 2. The highest BCUT2D eigenvalue weighted by molar-refractivity contribution is 5.93. The fraction of sp³-hybridized carbons (Fsp3) is 0.500. The van der Waals surface area contributed by atoms with Crippen molar-refractivity contribution in [2.24, 2.45) is 5.73 Å². The van der Waals surface area contributed by atoms with Crippen molar-refractivity contribution in [3.05, 3.63) is 12.2 Å². The summed E-state index contributed by atoms with van der Waals surface area (Å²) in [5.41, 5.74) is 5.07. The number of hydrogen-bond acceptors (Lipinski definition) is 2. The van der Waals surface area contributed by atoms with E-state index in [1.54, 1.807) is 13.0 Å². The van der Waals surface area contributed by atoms with E-state index in [0.717, 1.165) is 0 Å². The lowest BCUT2D eigenvalue weighted by molar-refractivity contribution is -0.142. The number of nitrogens with zero attached hydrogens (tertiary/aromatic N) is 1. The Morgan fingerprint density at radius 2 is 2.25 bits per heavy atom. The van der Waals surface area contributed by atoms with E-state index < -0.39 is 5.91 Å². The summed E-state index contributed by atoms with van der Waals surface area (Å²) in [7, 11) is 0. The Labute approximate surface area is 71.0 Å². The smallest absolute Gasteiger partial charge is 0.246 e. The second-order valence-corrected chi connectivity index (χ2v) is 2.74. The van der Waals surface area contributed by atoms with Crippen LogP contribution >= 0.6 is 0 Å². The van der Waals surface area contributed by atoms with Gasteiger partial charge >= 0.3 is 0 Å². The Hall–Kier alpha value is -1.32. The molecule has 1 atom stereocenters. The van der Waals surface area contributed by atoms with Crippen molar-refractivity contribution >= 4 is 11.8 Å². The number of primary amides is 1. The maximum absolute atomic E-state index is 11.2. The first-order valence-electron chi connectivity index (χ1n) is 3.89. The lowest BCUT2D eigenvalue weighted by atomic mass is 10.0. The van der Waals surface area contributed by atoms with Gasteiger partial charge in [0.1, 0.15) is 6.04 Å². The minimum atomic E-state index is -0.417. The van der Waals surface area contributed by atoms with E-state index in [0.29, 0.717) is 13.0 Å². The van der Waals surface area contributed by atoms with Crippen molar-refractivity contribution < 1.29 is 9.59 Å². The average molecular weight is 168 g/mol. The fourth-order valence-corrected chi connectivity index (χ4v) is 1.19. The Morgan fingerprint density at radius 3 is 2.58 bits per heavy atom. The molecule has 1 aliphatic heterocycles. The molecule has 0 aromatic rings. The van der Waals surface area contributed by atoms with E-state index in [9.17, 15) is 9.59 Å². The van der Waals surface area contributed by atoms with E-state index in [-0.39, 0.29) is 11.9 Å². The van der Waals surface area contributed by atoms with Crippen LogP contribution in [0.1, 0.15) is 13.3 Å². The van der Waals surface area contributed by atoms with Crippen LogP contribution < -0.4 is 5.73 Å². The van der Waals surface area contributed by atoms with Crippen molar-refractivity contribution in [2.75, 3.05) is 6.54 Å². The summed E-state index contributed by atoms with van der Waals surface area (Å²) in [5, 5.41) is 0. The molecule has 0 radical (unpaired) electrons. The summed E-state index contributed by atoms with van der Waals surface area (Å²) in [6, 6.07) is -0.381. The van der Waals surface area contributed by atoms with E-state index in [1.807, 2.05) is 0 Å². The van der Waals surface area contributed by atoms with Gasteiger partial charge in [-0.1, -0.05) is 6.08 Å². The summed E-state index contributed by atoms with van der Waals surface area (Å²) in [4.78, 5) is 23.4. The highest BCUT2D eigenvalue weighted by Crippen LogP contribution is 2.16. The number of carbonyl (C=O) groups excluding carboxylic acids is 2. The lowest BCUT2D eigenvalue weighted by Gasteiger charge is -2.37. The van der Waals surface area contributed by atoms with Gasteiger partial charge in [0.15, 0.2) is 0 Å². The van der Waals surface area contributed by atoms with E-state index in [1.165, 1.54) is 11.0 Å². The van der Waals surface area contributed by atoms with Gasteiger partial charge in [0, 0.05) is 6.54 Å². The molecule has 66 valence electrons. The van der Waals surface area contributed by atoms with Gasteiger partial charge in [-0.05, 0) is 19.4 Å². The van der Waals surface area contributed by atoms with Crippen LogP contribution in [0.5, 0.6) is 0 Å². The molecule has 4 nitrogen and oxygen atoms in total. The standard InChI is InChI=1S/C8H12N2O2/c1-2-3-7(11)10-5-4-6(10)8(9)12/h2-3,6H,4-5H2,1H3,(H2,9,12). The van der Waals surface area contributed by atoms with Crippen molar-refractivity contribution in [3.8, 4) is 0 Å². The molecule has 4 heteroatoms. The number of hydrogen-bond donors (Lipinski definition) is 1. The van der Waals surface area contributed by atoms with Crippen molar-refractivity contribution in [2.45, 2.75) is 19.4 Å². The van der Waals surface area contributed by atoms with Crippen LogP contribution in [0.25, 0.3) is 0 Å². The number of nitrogens with two attached hydrogens (primary N) is 1. The highest BCUT2D eigenvalue weighted by Gasteiger charge is 2.34. The molecule has 2 amide bonds. The average Bonchev–Trinajstić information content (AvgIpc) is 1.82. The van der Waals surface area contributed by atoms with E-state index in [2.05, 4.69) is 0 Å². The minimum absolute atomic E-state index is 0.132. The zero-order chi connectivity index (χ0) is 9.14. The Morgan fingerprint density at radius 1 is 1.58 bits per heavy atom. The van der Waals surface area contributed by atoms with Gasteiger partial charge in [-0.3, -0.25) is 9.59 Å². The van der Waals surface area contributed by atoms with E-state index >= 15 is 0 Å². The van der Waals surface area contributed by atoms with Gasteiger partial charge in [-0.2, -0.15) is 0 Å². The Kier molecular flexibility index (Phi) is 2.47. The van der Waals surface area contributed by atoms with Gasteiger partial charge in [-0.15, -0.1) is 0 Å². The van der Waals surface area contributed by atoms with Crippen LogP contribution in [0.2, 0.25) is 0 Å². The van der Waals surface area contributed by atoms with Crippen LogP contribution in [-0.4, -0.2) is 29.3 Å². The summed E-state index contributed by atoms with van der Waals surface area (Å²) in [6.45, 7) is 2.40. The number of likely N-dealkylation sites (tertiary alicyclic amines) is 1. The Bertz CT molecular complexity index is 235. The molecule has 0 aromatic heterocycles. The third-order valence-electron chi connectivity index (χ3n) is 1.94. The first-order valence-corrected chi connectivity index (χ1v) is 3.89. The summed E-state index contributed by atoms with van der Waals surface area (Å²) in [5.74, 6) is -0.549. The minimum Gasteiger partial charge on any atom is -0.368 e. The van der Waals surface area contributed by atoms with Gasteiger partial charge in [-0.25, -0.2) is 0 Å². The molecule has 0 bridgehead atoms. The predicted octanol–water partition coefficient (Wildman–Crippen LogP) is -0.351. The summed E-state index contributed by atoms with van der Waals surface area (Å²) in [6.07, 6.45) is 3.78. The van der Waals surface area contributed by atoms with Gasteiger partial charge in [0.05, 0.1) is 0 Å². The number of allylic oxidation sites excluding steroid dienone is 1. The van der Waals surface area contributed by atoms with Crippen LogP contribution in [0.4, 0.5) is 0 Å². The third-order valence-corrected chi connectivity index (χ3v) is 1.94.